The number of aryl methyl sites for hydroxylation is 2. The lowest BCUT2D eigenvalue weighted by molar-refractivity contribution is 0.197. The van der Waals surface area contributed by atoms with Gasteiger partial charge in [0.15, 0.2) is 5.96 Å². The molecule has 8 heteroatoms. The Kier molecular flexibility index (Phi) is 10.3. The van der Waals surface area contributed by atoms with Crippen molar-refractivity contribution in [1.82, 2.24) is 20.5 Å². The zero-order chi connectivity index (χ0) is 20.6. The SMILES string of the molecule is CN=C(NCCc1nc(C)c(C)s1)NCC(C)N1CCN(c2ccccc2)CC1.I. The van der Waals surface area contributed by atoms with Gasteiger partial charge in [0.05, 0.1) is 10.7 Å². The Morgan fingerprint density at radius 2 is 1.83 bits per heavy atom. The van der Waals surface area contributed by atoms with Crippen LogP contribution in [0.4, 0.5) is 5.69 Å². The van der Waals surface area contributed by atoms with Gasteiger partial charge in [-0.3, -0.25) is 9.89 Å². The minimum atomic E-state index is 0. The largest absolute Gasteiger partial charge is 0.369 e. The second-order valence-corrected chi connectivity index (χ2v) is 8.87. The summed E-state index contributed by atoms with van der Waals surface area (Å²) in [6, 6.07) is 11.2. The van der Waals surface area contributed by atoms with Gasteiger partial charge < -0.3 is 15.5 Å². The van der Waals surface area contributed by atoms with E-state index in [1.54, 1.807) is 11.3 Å². The minimum absolute atomic E-state index is 0. The molecule has 0 saturated carbocycles. The van der Waals surface area contributed by atoms with Crippen LogP contribution in [0.15, 0.2) is 35.3 Å². The van der Waals surface area contributed by atoms with E-state index in [0.29, 0.717) is 6.04 Å². The fourth-order valence-corrected chi connectivity index (χ4v) is 4.52. The van der Waals surface area contributed by atoms with Crippen LogP contribution in [-0.2, 0) is 6.42 Å². The summed E-state index contributed by atoms with van der Waals surface area (Å²) in [5.74, 6) is 0.866. The topological polar surface area (TPSA) is 55.8 Å². The first-order valence-corrected chi connectivity index (χ1v) is 11.3. The van der Waals surface area contributed by atoms with E-state index in [1.165, 1.54) is 15.6 Å². The number of para-hydroxylation sites is 1. The van der Waals surface area contributed by atoms with Crippen LogP contribution >= 0.6 is 35.3 Å². The lowest BCUT2D eigenvalue weighted by Crippen LogP contribution is -2.53. The maximum absolute atomic E-state index is 4.60. The summed E-state index contributed by atoms with van der Waals surface area (Å²) in [7, 11) is 1.83. The van der Waals surface area contributed by atoms with Gasteiger partial charge in [0.2, 0.25) is 0 Å². The average molecular weight is 543 g/mol. The van der Waals surface area contributed by atoms with E-state index in [-0.39, 0.29) is 24.0 Å². The number of hydrogen-bond acceptors (Lipinski definition) is 5. The molecule has 1 atom stereocenters. The lowest BCUT2D eigenvalue weighted by atomic mass is 10.2. The van der Waals surface area contributed by atoms with Gasteiger partial charge in [-0.2, -0.15) is 0 Å². The molecule has 0 amide bonds. The fourth-order valence-electron chi connectivity index (χ4n) is 3.59. The molecule has 1 aromatic heterocycles. The van der Waals surface area contributed by atoms with Crippen molar-refractivity contribution in [3.63, 3.8) is 0 Å². The van der Waals surface area contributed by atoms with Crippen LogP contribution < -0.4 is 15.5 Å². The van der Waals surface area contributed by atoms with Crippen molar-refractivity contribution in [3.8, 4) is 0 Å². The Morgan fingerprint density at radius 3 is 2.43 bits per heavy atom. The molecule has 1 saturated heterocycles. The maximum Gasteiger partial charge on any atom is 0.191 e. The highest BCUT2D eigenvalue weighted by molar-refractivity contribution is 14.0. The van der Waals surface area contributed by atoms with Crippen molar-refractivity contribution in [2.75, 3.05) is 51.2 Å². The number of aliphatic imine (C=N–C) groups is 1. The first-order valence-electron chi connectivity index (χ1n) is 10.5. The summed E-state index contributed by atoms with van der Waals surface area (Å²) in [6.45, 7) is 12.6. The summed E-state index contributed by atoms with van der Waals surface area (Å²) in [6.07, 6.45) is 0.928. The molecule has 3 rings (SSSR count). The third kappa shape index (κ3) is 7.09. The van der Waals surface area contributed by atoms with E-state index in [4.69, 9.17) is 0 Å². The highest BCUT2D eigenvalue weighted by Crippen LogP contribution is 2.17. The van der Waals surface area contributed by atoms with Gasteiger partial charge >= 0.3 is 0 Å². The molecule has 1 aliphatic rings. The number of benzene rings is 1. The summed E-state index contributed by atoms with van der Waals surface area (Å²) >= 11 is 1.79. The quantitative estimate of drug-likeness (QED) is 0.320. The minimum Gasteiger partial charge on any atom is -0.369 e. The molecular weight excluding hydrogens is 507 g/mol. The maximum atomic E-state index is 4.60. The Balaban J connectivity index is 0.00000320. The van der Waals surface area contributed by atoms with Crippen LogP contribution in [0.25, 0.3) is 0 Å². The number of guanidine groups is 1. The van der Waals surface area contributed by atoms with Gasteiger partial charge in [-0.05, 0) is 32.9 Å². The number of anilines is 1. The molecule has 0 aliphatic carbocycles. The van der Waals surface area contributed by atoms with Gasteiger partial charge in [-0.1, -0.05) is 18.2 Å². The molecule has 1 aliphatic heterocycles. The van der Waals surface area contributed by atoms with E-state index < -0.39 is 0 Å². The number of rotatable bonds is 7. The number of piperazine rings is 1. The first kappa shape index (κ1) is 24.9. The van der Waals surface area contributed by atoms with Gasteiger partial charge in [-0.25, -0.2) is 4.98 Å². The first-order chi connectivity index (χ1) is 14.1. The number of hydrogen-bond donors (Lipinski definition) is 2. The predicted molar refractivity (Wildman–Crippen MR) is 140 cm³/mol. The van der Waals surface area contributed by atoms with Crippen molar-refractivity contribution in [1.29, 1.82) is 0 Å². The monoisotopic (exact) mass is 542 g/mol. The second-order valence-electron chi connectivity index (χ2n) is 7.59. The molecule has 0 spiro atoms. The van der Waals surface area contributed by atoms with Gasteiger partial charge in [0.1, 0.15) is 0 Å². The molecule has 0 radical (unpaired) electrons. The molecule has 0 bridgehead atoms. The molecule has 1 unspecified atom stereocenters. The van der Waals surface area contributed by atoms with Crippen LogP contribution in [0.2, 0.25) is 0 Å². The van der Waals surface area contributed by atoms with Crippen LogP contribution in [0, 0.1) is 13.8 Å². The van der Waals surface area contributed by atoms with Crippen molar-refractivity contribution >= 4 is 47.0 Å². The van der Waals surface area contributed by atoms with Gasteiger partial charge in [0.25, 0.3) is 0 Å². The molecule has 166 valence electrons. The van der Waals surface area contributed by atoms with E-state index in [0.717, 1.165) is 57.3 Å². The molecule has 6 nitrogen and oxygen atoms in total. The Hall–Kier alpha value is -1.39. The molecular formula is C22H35IN6S. The third-order valence-corrected chi connectivity index (χ3v) is 6.68. The zero-order valence-corrected chi connectivity index (χ0v) is 21.7. The summed E-state index contributed by atoms with van der Waals surface area (Å²) in [5, 5.41) is 8.08. The van der Waals surface area contributed by atoms with Crippen molar-refractivity contribution in [2.45, 2.75) is 33.2 Å². The Bertz CT molecular complexity index is 767. The van der Waals surface area contributed by atoms with Gasteiger partial charge in [0, 0.05) is 69.3 Å². The summed E-state index contributed by atoms with van der Waals surface area (Å²) in [5.41, 5.74) is 2.47. The number of nitrogens with zero attached hydrogens (tertiary/aromatic N) is 4. The van der Waals surface area contributed by atoms with E-state index in [1.807, 2.05) is 7.05 Å². The molecule has 2 aromatic rings. The highest BCUT2D eigenvalue weighted by Gasteiger charge is 2.21. The van der Waals surface area contributed by atoms with Crippen molar-refractivity contribution in [2.24, 2.45) is 4.99 Å². The fraction of sp³-hybridized carbons (Fsp3) is 0.545. The Labute approximate surface area is 202 Å². The second kappa shape index (κ2) is 12.5. The lowest BCUT2D eigenvalue weighted by Gasteiger charge is -2.39. The highest BCUT2D eigenvalue weighted by atomic mass is 127. The molecule has 30 heavy (non-hydrogen) atoms. The Morgan fingerprint density at radius 1 is 1.13 bits per heavy atom. The third-order valence-electron chi connectivity index (χ3n) is 5.55. The van der Waals surface area contributed by atoms with Crippen LogP contribution in [0.1, 0.15) is 22.5 Å². The normalized spacial score (nSPS) is 16.1. The van der Waals surface area contributed by atoms with Crippen LogP contribution in [0.5, 0.6) is 0 Å². The predicted octanol–water partition coefficient (Wildman–Crippen LogP) is 3.30. The van der Waals surface area contributed by atoms with E-state index in [9.17, 15) is 0 Å². The molecule has 1 fully saturated rings. The molecule has 1 aromatic carbocycles. The van der Waals surface area contributed by atoms with Crippen LogP contribution in [0.3, 0.4) is 0 Å². The summed E-state index contributed by atoms with van der Waals surface area (Å²) < 4.78 is 0. The van der Waals surface area contributed by atoms with E-state index >= 15 is 0 Å². The van der Waals surface area contributed by atoms with E-state index in [2.05, 4.69) is 81.5 Å². The number of thiazole rings is 1. The zero-order valence-electron chi connectivity index (χ0n) is 18.5. The molecule has 2 N–H and O–H groups in total. The molecule has 2 heterocycles. The van der Waals surface area contributed by atoms with Gasteiger partial charge in [-0.15, -0.1) is 35.3 Å². The number of aromatic nitrogens is 1. The van der Waals surface area contributed by atoms with Crippen molar-refractivity contribution < 1.29 is 0 Å². The standard InChI is InChI=1S/C22H34N6S.HI/c1-17(27-12-14-28(15-13-27)20-8-6-5-7-9-20)16-25-22(23-4)24-11-10-21-26-18(2)19(3)29-21;/h5-9,17H,10-16H2,1-4H3,(H2,23,24,25);1H. The number of nitrogens with one attached hydrogen (secondary N) is 2. The summed E-state index contributed by atoms with van der Waals surface area (Å²) in [4.78, 5) is 15.3. The van der Waals surface area contributed by atoms with Crippen LogP contribution in [-0.4, -0.2) is 68.2 Å². The van der Waals surface area contributed by atoms with Crippen molar-refractivity contribution in [3.05, 3.63) is 45.9 Å². The number of halogens is 1. The smallest absolute Gasteiger partial charge is 0.191 e. The average Bonchev–Trinajstić information content (AvgIpc) is 3.08.